The summed E-state index contributed by atoms with van der Waals surface area (Å²) in [6.07, 6.45) is 3.03. The van der Waals surface area contributed by atoms with Gasteiger partial charge in [0.2, 0.25) is 0 Å². The molecule has 29 heavy (non-hydrogen) atoms. The van der Waals surface area contributed by atoms with Gasteiger partial charge < -0.3 is 20.5 Å². The average molecular weight is 392 g/mol. The van der Waals surface area contributed by atoms with Crippen molar-refractivity contribution < 1.29 is 19.4 Å². The molecule has 8 heteroatoms. The maximum atomic E-state index is 12.8. The van der Waals surface area contributed by atoms with E-state index in [1.54, 1.807) is 12.3 Å². The summed E-state index contributed by atoms with van der Waals surface area (Å²) >= 11 is 0. The second kappa shape index (κ2) is 7.40. The Balaban J connectivity index is 1.86. The minimum absolute atomic E-state index is 0.166. The summed E-state index contributed by atoms with van der Waals surface area (Å²) in [5.74, 6) is -0.394. The number of aromatic nitrogens is 2. The zero-order valence-corrected chi connectivity index (χ0v) is 15.7. The van der Waals surface area contributed by atoms with E-state index >= 15 is 0 Å². The second-order valence-corrected chi connectivity index (χ2v) is 6.82. The summed E-state index contributed by atoms with van der Waals surface area (Å²) in [6.45, 7) is -0.0658. The molecule has 2 amide bonds. The number of aliphatic hydroxyl groups is 1. The highest BCUT2D eigenvalue weighted by Gasteiger charge is 2.44. The largest absolute Gasteiger partial charge is 0.491 e. The van der Waals surface area contributed by atoms with Crippen LogP contribution < -0.4 is 15.4 Å². The zero-order valence-electron chi connectivity index (χ0n) is 15.7. The van der Waals surface area contributed by atoms with Crippen LogP contribution in [0.25, 0.3) is 0 Å². The maximum absolute atomic E-state index is 12.8. The van der Waals surface area contributed by atoms with Gasteiger partial charge in [0.05, 0.1) is 29.5 Å². The lowest BCUT2D eigenvalue weighted by atomic mass is 9.76. The van der Waals surface area contributed by atoms with E-state index in [1.165, 1.54) is 19.3 Å². The molecule has 0 fully saturated rings. The van der Waals surface area contributed by atoms with Gasteiger partial charge in [0.15, 0.2) is 0 Å². The Morgan fingerprint density at radius 2 is 2.03 bits per heavy atom. The van der Waals surface area contributed by atoms with Gasteiger partial charge in [0.25, 0.3) is 11.8 Å². The van der Waals surface area contributed by atoms with Gasteiger partial charge in [-0.3, -0.25) is 14.7 Å². The van der Waals surface area contributed by atoms with Crippen LogP contribution in [0.3, 0.4) is 0 Å². The number of hydrogen-bond acceptors (Lipinski definition) is 5. The molecule has 3 aromatic rings. The van der Waals surface area contributed by atoms with Gasteiger partial charge in [-0.15, -0.1) is 0 Å². The van der Waals surface area contributed by atoms with E-state index in [9.17, 15) is 14.7 Å². The summed E-state index contributed by atoms with van der Waals surface area (Å²) in [5.41, 5.74) is 1.60. The lowest BCUT2D eigenvalue weighted by molar-refractivity contribution is 0.0959. The third-order valence-corrected chi connectivity index (χ3v) is 5.15. The number of hydrogen-bond donors (Lipinski definition) is 4. The number of amides is 2. The van der Waals surface area contributed by atoms with Crippen LogP contribution in [0.4, 0.5) is 5.69 Å². The summed E-state index contributed by atoms with van der Waals surface area (Å²) in [5, 5.41) is 22.1. The molecule has 1 unspecified atom stereocenters. The van der Waals surface area contributed by atoms with Gasteiger partial charge >= 0.3 is 0 Å². The third-order valence-electron chi connectivity index (χ3n) is 5.15. The van der Waals surface area contributed by atoms with Crippen molar-refractivity contribution in [2.24, 2.45) is 0 Å². The summed E-state index contributed by atoms with van der Waals surface area (Å²) in [7, 11) is 1.51. The van der Waals surface area contributed by atoms with E-state index in [1.807, 2.05) is 30.3 Å². The number of carbonyl (C=O) groups excluding carboxylic acids is 2. The number of aliphatic hydroxyl groups excluding tert-OH is 1. The van der Waals surface area contributed by atoms with Gasteiger partial charge in [-0.1, -0.05) is 30.3 Å². The summed E-state index contributed by atoms with van der Waals surface area (Å²) in [6, 6.07) is 12.6. The van der Waals surface area contributed by atoms with Crippen LogP contribution in [0.2, 0.25) is 0 Å². The molecule has 4 rings (SSSR count). The highest BCUT2D eigenvalue weighted by molar-refractivity contribution is 6.07. The van der Waals surface area contributed by atoms with Crippen molar-refractivity contribution in [3.63, 3.8) is 0 Å². The molecule has 0 bridgehead atoms. The van der Waals surface area contributed by atoms with Crippen molar-refractivity contribution >= 4 is 17.5 Å². The topological polar surface area (TPSA) is 116 Å². The van der Waals surface area contributed by atoms with E-state index in [0.717, 1.165) is 5.56 Å². The van der Waals surface area contributed by atoms with Crippen LogP contribution in [0, 0.1) is 0 Å². The molecule has 1 aliphatic heterocycles. The molecule has 0 spiro atoms. The summed E-state index contributed by atoms with van der Waals surface area (Å²) in [4.78, 5) is 25.3. The highest BCUT2D eigenvalue weighted by Crippen LogP contribution is 2.45. The van der Waals surface area contributed by atoms with Gasteiger partial charge in [0, 0.05) is 24.4 Å². The number of ether oxygens (including phenoxy) is 1. The number of benzene rings is 2. The molecule has 8 nitrogen and oxygen atoms in total. The van der Waals surface area contributed by atoms with Crippen molar-refractivity contribution in [2.45, 2.75) is 5.41 Å². The van der Waals surface area contributed by atoms with Crippen LogP contribution >= 0.6 is 0 Å². The van der Waals surface area contributed by atoms with Crippen molar-refractivity contribution in [2.75, 3.05) is 25.6 Å². The van der Waals surface area contributed by atoms with Crippen molar-refractivity contribution in [1.82, 2.24) is 15.5 Å². The fourth-order valence-electron chi connectivity index (χ4n) is 3.59. The fraction of sp³-hybridized carbons (Fsp3) is 0.190. The Morgan fingerprint density at radius 3 is 2.69 bits per heavy atom. The summed E-state index contributed by atoms with van der Waals surface area (Å²) < 4.78 is 5.89. The third kappa shape index (κ3) is 3.13. The smallest absolute Gasteiger partial charge is 0.255 e. The molecule has 0 radical (unpaired) electrons. The highest BCUT2D eigenvalue weighted by atomic mass is 16.5. The Labute approximate surface area is 166 Å². The Bertz CT molecular complexity index is 1050. The molecular formula is C21H20N4O4. The average Bonchev–Trinajstić information content (AvgIpc) is 3.41. The first-order valence-corrected chi connectivity index (χ1v) is 9.09. The number of nitrogens with one attached hydrogen (secondary N) is 3. The van der Waals surface area contributed by atoms with Crippen molar-refractivity contribution in [3.8, 4) is 5.75 Å². The molecule has 1 aliphatic rings. The first-order chi connectivity index (χ1) is 14.1. The van der Waals surface area contributed by atoms with Crippen molar-refractivity contribution in [1.29, 1.82) is 0 Å². The van der Waals surface area contributed by atoms with Gasteiger partial charge in [-0.05, 0) is 17.7 Å². The van der Waals surface area contributed by atoms with Crippen LogP contribution in [0.15, 0.2) is 54.9 Å². The number of anilines is 1. The normalized spacial score (nSPS) is 17.3. The fourth-order valence-corrected chi connectivity index (χ4v) is 3.59. The molecule has 1 aromatic heterocycles. The number of aromatic amines is 1. The molecule has 1 atom stereocenters. The van der Waals surface area contributed by atoms with Crippen LogP contribution in [0.1, 0.15) is 31.8 Å². The molecule has 0 saturated heterocycles. The number of rotatable bonds is 5. The lowest BCUT2D eigenvalue weighted by Crippen LogP contribution is -2.34. The standard InChI is InChI=1S/C21H20N4O4/c1-22-20(28)16-7-13(19(27)25-15-9-23-24-10-15)8-17-18(16)29-12-21(17,11-26)14-5-3-2-4-6-14/h2-10,26H,11-12H2,1H3,(H,22,28)(H,23,24)(H,25,27). The van der Waals surface area contributed by atoms with Gasteiger partial charge in [-0.2, -0.15) is 5.10 Å². The number of carbonyl (C=O) groups is 2. The lowest BCUT2D eigenvalue weighted by Gasteiger charge is -2.26. The van der Waals surface area contributed by atoms with Gasteiger partial charge in [0.1, 0.15) is 12.4 Å². The molecule has 4 N–H and O–H groups in total. The Morgan fingerprint density at radius 1 is 1.24 bits per heavy atom. The number of fused-ring (bicyclic) bond motifs is 1. The van der Waals surface area contributed by atoms with Gasteiger partial charge in [-0.25, -0.2) is 0 Å². The quantitative estimate of drug-likeness (QED) is 0.527. The number of H-pyrrole nitrogens is 1. The minimum Gasteiger partial charge on any atom is -0.491 e. The Kier molecular flexibility index (Phi) is 4.77. The molecule has 148 valence electrons. The minimum atomic E-state index is -0.870. The van der Waals surface area contributed by atoms with E-state index in [0.29, 0.717) is 17.0 Å². The molecule has 0 saturated carbocycles. The van der Waals surface area contributed by atoms with E-state index in [-0.39, 0.29) is 30.2 Å². The maximum Gasteiger partial charge on any atom is 0.255 e. The predicted octanol–water partition coefficient (Wildman–Crippen LogP) is 1.69. The Hall–Kier alpha value is -3.65. The first-order valence-electron chi connectivity index (χ1n) is 9.09. The van der Waals surface area contributed by atoms with E-state index in [4.69, 9.17) is 4.74 Å². The first kappa shape index (κ1) is 18.7. The predicted molar refractivity (Wildman–Crippen MR) is 106 cm³/mol. The molecule has 2 aromatic carbocycles. The van der Waals surface area contributed by atoms with E-state index in [2.05, 4.69) is 20.8 Å². The SMILES string of the molecule is CNC(=O)c1cc(C(=O)Nc2cn[nH]c2)cc2c1OCC2(CO)c1ccccc1. The van der Waals surface area contributed by atoms with Crippen LogP contribution in [-0.2, 0) is 5.41 Å². The van der Waals surface area contributed by atoms with Crippen molar-refractivity contribution in [3.05, 3.63) is 77.1 Å². The molecule has 0 aliphatic carbocycles. The molecular weight excluding hydrogens is 372 g/mol. The van der Waals surface area contributed by atoms with Crippen LogP contribution in [0.5, 0.6) is 5.75 Å². The van der Waals surface area contributed by atoms with E-state index < -0.39 is 11.3 Å². The molecule has 2 heterocycles. The second-order valence-electron chi connectivity index (χ2n) is 6.82. The number of nitrogens with zero attached hydrogens (tertiary/aromatic N) is 1. The monoisotopic (exact) mass is 392 g/mol. The zero-order chi connectivity index (χ0) is 20.4. The van der Waals surface area contributed by atoms with Crippen LogP contribution in [-0.4, -0.2) is 47.4 Å².